The third-order valence-corrected chi connectivity index (χ3v) is 4.25. The minimum absolute atomic E-state index is 0.0150. The van der Waals surface area contributed by atoms with Crippen molar-refractivity contribution >= 4 is 11.5 Å². The van der Waals surface area contributed by atoms with Gasteiger partial charge in [0.25, 0.3) is 0 Å². The van der Waals surface area contributed by atoms with E-state index in [1.165, 1.54) is 12.5 Å². The van der Waals surface area contributed by atoms with Crippen molar-refractivity contribution in [1.82, 2.24) is 5.32 Å². The second-order valence-electron chi connectivity index (χ2n) is 7.64. The molecule has 0 aliphatic rings. The summed E-state index contributed by atoms with van der Waals surface area (Å²) in [5, 5.41) is 2.76. The molecule has 0 atom stereocenters. The van der Waals surface area contributed by atoms with Gasteiger partial charge in [-0.3, -0.25) is 4.79 Å². The van der Waals surface area contributed by atoms with Gasteiger partial charge in [0.1, 0.15) is 0 Å². The molecule has 34 heavy (non-hydrogen) atoms. The van der Waals surface area contributed by atoms with Crippen LogP contribution in [-0.2, 0) is 11.2 Å². The molecule has 0 bridgehead atoms. The third-order valence-electron chi connectivity index (χ3n) is 4.25. The van der Waals surface area contributed by atoms with Crippen molar-refractivity contribution in [3.63, 3.8) is 0 Å². The van der Waals surface area contributed by atoms with Crippen molar-refractivity contribution < 1.29 is 13.6 Å². The van der Waals surface area contributed by atoms with Gasteiger partial charge in [0.05, 0.1) is 0 Å². The molecule has 0 radical (unpaired) electrons. The summed E-state index contributed by atoms with van der Waals surface area (Å²) in [6, 6.07) is 7.91. The summed E-state index contributed by atoms with van der Waals surface area (Å²) in [5.41, 5.74) is 5.23. The van der Waals surface area contributed by atoms with Crippen molar-refractivity contribution in [3.05, 3.63) is 77.9 Å². The fraction of sp³-hybridized carbons (Fsp3) is 0.500. The molecule has 0 fully saturated rings. The first kappa shape index (κ1) is 36.1. The van der Waals surface area contributed by atoms with E-state index in [2.05, 4.69) is 25.4 Å². The van der Waals surface area contributed by atoms with Crippen LogP contribution in [0.1, 0.15) is 92.7 Å². The summed E-state index contributed by atoms with van der Waals surface area (Å²) in [7, 11) is 0. The number of aryl methyl sites for hydroxylation is 1. The molecule has 0 aromatic heterocycles. The first-order valence-electron chi connectivity index (χ1n) is 12.3. The van der Waals surface area contributed by atoms with Crippen molar-refractivity contribution in [1.29, 1.82) is 0 Å². The molecule has 0 saturated carbocycles. The lowest BCUT2D eigenvalue weighted by Crippen LogP contribution is -2.21. The molecule has 4 heteroatoms. The van der Waals surface area contributed by atoms with Crippen LogP contribution in [0.25, 0.3) is 5.57 Å². The largest absolute Gasteiger partial charge is 0.356 e. The van der Waals surface area contributed by atoms with E-state index < -0.39 is 5.92 Å². The van der Waals surface area contributed by atoms with Gasteiger partial charge in [0.15, 0.2) is 0 Å². The van der Waals surface area contributed by atoms with Crippen LogP contribution in [0.3, 0.4) is 0 Å². The van der Waals surface area contributed by atoms with Crippen LogP contribution in [0.15, 0.2) is 66.8 Å². The molecule has 0 aliphatic carbocycles. The van der Waals surface area contributed by atoms with Crippen LogP contribution in [-0.4, -0.2) is 18.4 Å². The van der Waals surface area contributed by atoms with Gasteiger partial charge in [-0.1, -0.05) is 101 Å². The summed E-state index contributed by atoms with van der Waals surface area (Å²) in [5.74, 6) is -2.68. The Morgan fingerprint density at radius 3 is 1.94 bits per heavy atom. The van der Waals surface area contributed by atoms with E-state index in [1.807, 2.05) is 78.0 Å². The van der Waals surface area contributed by atoms with Gasteiger partial charge in [0, 0.05) is 19.9 Å². The Labute approximate surface area is 208 Å². The fourth-order valence-corrected chi connectivity index (χ4v) is 2.32. The smallest absolute Gasteiger partial charge is 0.248 e. The highest BCUT2D eigenvalue weighted by Crippen LogP contribution is 2.22. The van der Waals surface area contributed by atoms with Gasteiger partial charge in [-0.25, -0.2) is 8.78 Å². The van der Waals surface area contributed by atoms with Gasteiger partial charge < -0.3 is 5.32 Å². The number of nitrogens with one attached hydrogen (secondary N) is 1. The predicted octanol–water partition coefficient (Wildman–Crippen LogP) is 9.34. The highest BCUT2D eigenvalue weighted by molar-refractivity contribution is 5.72. The molecule has 0 heterocycles. The standard InChI is InChI=1S/C17H23F2NO.C9H14.2C2H6/c1-13(10-11-17(3,18)19)16-8-6-15(7-9-16)5-4-12-20-14(2)21;1-5-9(4)7-6-8(2)3;2*1-2/h6-10H,4-5,11-12H2,1-3H3,(H,20,21);6-7H,2,4-5H2,1,3H3;2*1-2H3/b13-10+;7-6-;;. The van der Waals surface area contributed by atoms with Crippen LogP contribution in [0.4, 0.5) is 8.78 Å². The Balaban J connectivity index is -0.000000619. The number of carbonyl (C=O) groups excluding carboxylic acids is 1. The topological polar surface area (TPSA) is 29.1 Å². The molecule has 0 saturated heterocycles. The minimum atomic E-state index is -2.66. The third kappa shape index (κ3) is 24.2. The van der Waals surface area contributed by atoms with Gasteiger partial charge in [-0.15, -0.1) is 0 Å². The van der Waals surface area contributed by atoms with Crippen LogP contribution >= 0.6 is 0 Å². The zero-order chi connectivity index (χ0) is 27.2. The SMILES string of the molecule is C=C(C)/C=C\C(=C)CC.CC.CC.CC(=O)NCCCc1ccc(/C(C)=C/CC(C)(F)F)cc1. The molecule has 2 nitrogen and oxygen atoms in total. The van der Waals surface area contributed by atoms with Crippen molar-refractivity contribution in [3.8, 4) is 0 Å². The molecule has 194 valence electrons. The molecule has 1 aromatic rings. The van der Waals surface area contributed by atoms with Gasteiger partial charge in [-0.2, -0.15) is 0 Å². The Bertz CT molecular complexity index is 738. The molecule has 1 aromatic carbocycles. The Hall–Kier alpha value is -2.49. The van der Waals surface area contributed by atoms with E-state index >= 15 is 0 Å². The van der Waals surface area contributed by atoms with E-state index in [0.717, 1.165) is 48.5 Å². The van der Waals surface area contributed by atoms with E-state index in [9.17, 15) is 13.6 Å². The molecule has 1 rings (SSSR count). The lowest BCUT2D eigenvalue weighted by molar-refractivity contribution is -0.118. The number of benzene rings is 1. The number of rotatable bonds is 10. The minimum Gasteiger partial charge on any atom is -0.356 e. The summed E-state index contributed by atoms with van der Waals surface area (Å²) in [6.45, 7) is 24.6. The molecule has 0 spiro atoms. The Morgan fingerprint density at radius 2 is 1.53 bits per heavy atom. The summed E-state index contributed by atoms with van der Waals surface area (Å²) in [4.78, 5) is 10.7. The number of alkyl halides is 2. The van der Waals surface area contributed by atoms with Crippen LogP contribution in [0, 0.1) is 0 Å². The molecule has 1 amide bonds. The number of halogens is 2. The average molecular weight is 478 g/mol. The highest BCUT2D eigenvalue weighted by atomic mass is 19.3. The van der Waals surface area contributed by atoms with Gasteiger partial charge >= 0.3 is 0 Å². The van der Waals surface area contributed by atoms with E-state index in [4.69, 9.17) is 0 Å². The van der Waals surface area contributed by atoms with Crippen molar-refractivity contribution in [2.75, 3.05) is 6.54 Å². The maximum atomic E-state index is 12.8. The molecule has 0 unspecified atom stereocenters. The summed E-state index contributed by atoms with van der Waals surface area (Å²) < 4.78 is 25.6. The van der Waals surface area contributed by atoms with E-state index in [-0.39, 0.29) is 12.3 Å². The zero-order valence-corrected chi connectivity index (χ0v) is 23.2. The number of hydrogen-bond donors (Lipinski definition) is 1. The first-order chi connectivity index (χ1) is 15.9. The molecule has 1 N–H and O–H groups in total. The maximum absolute atomic E-state index is 12.8. The summed E-state index contributed by atoms with van der Waals surface area (Å²) in [6.07, 6.45) is 8.10. The van der Waals surface area contributed by atoms with E-state index in [1.54, 1.807) is 6.08 Å². The Kier molecular flexibility index (Phi) is 23.7. The second kappa shape index (κ2) is 22.3. The van der Waals surface area contributed by atoms with Crippen LogP contribution in [0.2, 0.25) is 0 Å². The lowest BCUT2D eigenvalue weighted by atomic mass is 10.0. The second-order valence-corrected chi connectivity index (χ2v) is 7.64. The first-order valence-corrected chi connectivity index (χ1v) is 12.3. The van der Waals surface area contributed by atoms with Gasteiger partial charge in [0.2, 0.25) is 11.8 Å². The molecular weight excluding hydrogens is 428 g/mol. The zero-order valence-electron chi connectivity index (χ0n) is 23.2. The number of allylic oxidation sites excluding steroid dienone is 6. The lowest BCUT2D eigenvalue weighted by Gasteiger charge is -2.08. The fourth-order valence-electron chi connectivity index (χ4n) is 2.32. The number of hydrogen-bond acceptors (Lipinski definition) is 1. The molecular formula is C30H49F2NO. The molecule has 0 aliphatic heterocycles. The monoisotopic (exact) mass is 477 g/mol. The van der Waals surface area contributed by atoms with Gasteiger partial charge in [-0.05, 0) is 56.7 Å². The normalized spacial score (nSPS) is 10.6. The van der Waals surface area contributed by atoms with Crippen molar-refractivity contribution in [2.24, 2.45) is 0 Å². The maximum Gasteiger partial charge on any atom is 0.248 e. The summed E-state index contributed by atoms with van der Waals surface area (Å²) >= 11 is 0. The number of carbonyl (C=O) groups is 1. The van der Waals surface area contributed by atoms with E-state index in [0.29, 0.717) is 6.54 Å². The highest BCUT2D eigenvalue weighted by Gasteiger charge is 2.18. The van der Waals surface area contributed by atoms with Crippen LogP contribution < -0.4 is 5.32 Å². The quantitative estimate of drug-likeness (QED) is 0.264. The number of amides is 1. The Morgan fingerprint density at radius 1 is 1.00 bits per heavy atom. The predicted molar refractivity (Wildman–Crippen MR) is 148 cm³/mol. The van der Waals surface area contributed by atoms with Crippen molar-refractivity contribution in [2.45, 2.75) is 93.9 Å². The average Bonchev–Trinajstić information content (AvgIpc) is 2.81. The van der Waals surface area contributed by atoms with Crippen LogP contribution in [0.5, 0.6) is 0 Å².